The minimum absolute atomic E-state index is 0.0489. The Balaban J connectivity index is 0.00000180. The molecule has 4 rings (SSSR count). The zero-order chi connectivity index (χ0) is 39.7. The van der Waals surface area contributed by atoms with Gasteiger partial charge in [0.05, 0.1) is 11.1 Å². The summed E-state index contributed by atoms with van der Waals surface area (Å²) in [6.07, 6.45) is 1.77. The predicted octanol–water partition coefficient (Wildman–Crippen LogP) is 7.34. The van der Waals surface area contributed by atoms with Crippen LogP contribution >= 0.6 is 0 Å². The Bertz CT molecular complexity index is 2250. The summed E-state index contributed by atoms with van der Waals surface area (Å²) in [5.41, 5.74) is 10.6. The number of phenols is 1. The SMILES string of the molecule is Cc1cc(-c2ccc(NC(=O)[C@H](C)CCCCNC(=O)OC(C)(C)C)c(C)c2)ccc1N=Nc1ccc2c(S(=O)(=O)O)ccc(N)c2c1O.O=S(=O)=O. The van der Waals surface area contributed by atoms with Gasteiger partial charge in [0.2, 0.25) is 5.91 Å². The number of fused-ring (bicyclic) bond motifs is 1. The molecule has 2 amide bonds. The fourth-order valence-electron chi connectivity index (χ4n) is 5.23. The highest BCUT2D eigenvalue weighted by Crippen LogP contribution is 2.41. The lowest BCUT2D eigenvalue weighted by molar-refractivity contribution is -0.119. The molecule has 1 atom stereocenters. The molecule has 53 heavy (non-hydrogen) atoms. The largest absolute Gasteiger partial charge is 0.505 e. The van der Waals surface area contributed by atoms with Gasteiger partial charge in [0.25, 0.3) is 10.1 Å². The van der Waals surface area contributed by atoms with E-state index < -0.39 is 32.4 Å². The first-order chi connectivity index (χ1) is 24.7. The van der Waals surface area contributed by atoms with E-state index in [1.54, 1.807) is 6.07 Å². The molecule has 0 aliphatic rings. The lowest BCUT2D eigenvalue weighted by Crippen LogP contribution is -2.33. The number of hydrogen-bond acceptors (Lipinski definition) is 12. The third-order valence-electron chi connectivity index (χ3n) is 7.86. The molecule has 0 fully saturated rings. The van der Waals surface area contributed by atoms with Crippen LogP contribution in [-0.2, 0) is 30.3 Å². The second kappa shape index (κ2) is 17.9. The maximum Gasteiger partial charge on any atom is 0.425 e. The Morgan fingerprint density at radius 3 is 2.08 bits per heavy atom. The number of unbranched alkanes of at least 4 members (excludes halogenated alkanes) is 1. The highest BCUT2D eigenvalue weighted by atomic mass is 32.2. The summed E-state index contributed by atoms with van der Waals surface area (Å²) in [5.74, 6) is -0.628. The molecular formula is C36H43N5O10S2. The number of nitrogen functional groups attached to an aromatic ring is 1. The van der Waals surface area contributed by atoms with Gasteiger partial charge in [-0.3, -0.25) is 9.35 Å². The van der Waals surface area contributed by atoms with E-state index in [2.05, 4.69) is 20.9 Å². The Labute approximate surface area is 309 Å². The van der Waals surface area contributed by atoms with Gasteiger partial charge in [-0.05, 0) is 112 Å². The first-order valence-corrected chi connectivity index (χ1v) is 18.8. The fraction of sp³-hybridized carbons (Fsp3) is 0.333. The number of nitrogens with two attached hydrogens (primary N) is 1. The van der Waals surface area contributed by atoms with E-state index in [1.807, 2.05) is 71.9 Å². The molecule has 4 aromatic carbocycles. The number of nitrogens with zero attached hydrogens (tertiary/aromatic N) is 2. The zero-order valence-electron chi connectivity index (χ0n) is 30.1. The lowest BCUT2D eigenvalue weighted by atomic mass is 9.99. The topological polar surface area (TPSA) is 244 Å². The van der Waals surface area contributed by atoms with Gasteiger partial charge in [-0.1, -0.05) is 31.5 Å². The molecule has 0 aliphatic carbocycles. The van der Waals surface area contributed by atoms with Crippen molar-refractivity contribution in [3.8, 4) is 16.9 Å². The van der Waals surface area contributed by atoms with Crippen molar-refractivity contribution < 1.29 is 45.0 Å². The number of ether oxygens (including phenoxy) is 1. The lowest BCUT2D eigenvalue weighted by Gasteiger charge is -2.19. The molecule has 284 valence electrons. The van der Waals surface area contributed by atoms with Gasteiger partial charge in [0.1, 0.15) is 16.2 Å². The van der Waals surface area contributed by atoms with Crippen LogP contribution in [0.2, 0.25) is 0 Å². The van der Waals surface area contributed by atoms with Crippen LogP contribution in [0.5, 0.6) is 5.75 Å². The van der Waals surface area contributed by atoms with Gasteiger partial charge in [-0.2, -0.15) is 13.5 Å². The quantitative estimate of drug-likeness (QED) is 0.0437. The van der Waals surface area contributed by atoms with Crippen LogP contribution in [0.4, 0.5) is 27.5 Å². The minimum atomic E-state index is -4.54. The van der Waals surface area contributed by atoms with Crippen molar-refractivity contribution in [1.82, 2.24) is 5.32 Å². The summed E-state index contributed by atoms with van der Waals surface area (Å²) in [6, 6.07) is 16.7. The minimum Gasteiger partial charge on any atom is -0.505 e. The molecule has 4 aromatic rings. The van der Waals surface area contributed by atoms with Gasteiger partial charge < -0.3 is 26.2 Å². The summed E-state index contributed by atoms with van der Waals surface area (Å²) >= 11 is 0. The number of aromatic hydroxyl groups is 1. The Kier molecular flexibility index (Phi) is 14.2. The van der Waals surface area contributed by atoms with E-state index in [9.17, 15) is 27.7 Å². The molecule has 15 nitrogen and oxygen atoms in total. The van der Waals surface area contributed by atoms with Crippen molar-refractivity contribution in [2.24, 2.45) is 16.1 Å². The molecule has 0 saturated carbocycles. The number of anilines is 2. The number of rotatable bonds is 11. The Hall–Kier alpha value is -5.39. The first kappa shape index (κ1) is 42.0. The summed E-state index contributed by atoms with van der Waals surface area (Å²) in [4.78, 5) is 24.3. The summed E-state index contributed by atoms with van der Waals surface area (Å²) in [6.45, 7) is 11.6. The molecule has 0 spiro atoms. The van der Waals surface area contributed by atoms with Crippen LogP contribution in [0, 0.1) is 19.8 Å². The highest BCUT2D eigenvalue weighted by molar-refractivity contribution is 7.86. The molecule has 0 radical (unpaired) electrons. The van der Waals surface area contributed by atoms with E-state index in [0.29, 0.717) is 18.7 Å². The number of amides is 2. The van der Waals surface area contributed by atoms with E-state index in [1.165, 1.54) is 24.3 Å². The Morgan fingerprint density at radius 1 is 0.906 bits per heavy atom. The monoisotopic (exact) mass is 769 g/mol. The Morgan fingerprint density at radius 2 is 1.49 bits per heavy atom. The normalized spacial score (nSPS) is 12.1. The number of carbonyl (C=O) groups excluding carboxylic acids is 2. The van der Waals surface area contributed by atoms with Crippen LogP contribution in [-0.4, -0.2) is 54.8 Å². The van der Waals surface area contributed by atoms with Crippen molar-refractivity contribution in [3.05, 3.63) is 71.8 Å². The summed E-state index contributed by atoms with van der Waals surface area (Å²) in [5, 5.41) is 25.2. The average molecular weight is 770 g/mol. The van der Waals surface area contributed by atoms with E-state index in [4.69, 9.17) is 23.1 Å². The maximum absolute atomic E-state index is 12.9. The van der Waals surface area contributed by atoms with Crippen LogP contribution in [0.1, 0.15) is 58.1 Å². The fourth-order valence-corrected chi connectivity index (χ4v) is 5.92. The van der Waals surface area contributed by atoms with Crippen molar-refractivity contribution in [2.45, 2.75) is 71.3 Å². The second-order valence-electron chi connectivity index (χ2n) is 13.2. The number of azo groups is 1. The molecule has 0 heterocycles. The molecule has 0 unspecified atom stereocenters. The number of carbonyl (C=O) groups is 2. The van der Waals surface area contributed by atoms with Crippen LogP contribution in [0.25, 0.3) is 21.9 Å². The van der Waals surface area contributed by atoms with E-state index >= 15 is 0 Å². The van der Waals surface area contributed by atoms with Crippen LogP contribution < -0.4 is 16.4 Å². The molecule has 0 bridgehead atoms. The maximum atomic E-state index is 12.9. The van der Waals surface area contributed by atoms with Gasteiger partial charge >= 0.3 is 16.7 Å². The molecule has 0 aliphatic heterocycles. The van der Waals surface area contributed by atoms with Crippen molar-refractivity contribution in [3.63, 3.8) is 0 Å². The van der Waals surface area contributed by atoms with Gasteiger partial charge in [-0.25, -0.2) is 4.79 Å². The van der Waals surface area contributed by atoms with E-state index in [0.717, 1.165) is 40.8 Å². The summed E-state index contributed by atoms with van der Waals surface area (Å²) in [7, 11) is -7.65. The molecule has 17 heteroatoms. The van der Waals surface area contributed by atoms with E-state index in [-0.39, 0.29) is 44.6 Å². The molecule has 0 saturated heterocycles. The molecular weight excluding hydrogens is 727 g/mol. The summed E-state index contributed by atoms with van der Waals surface area (Å²) < 4.78 is 63.7. The van der Waals surface area contributed by atoms with Crippen LogP contribution in [0.15, 0.2) is 75.8 Å². The molecule has 6 N–H and O–H groups in total. The third-order valence-corrected chi connectivity index (χ3v) is 8.77. The zero-order valence-corrected chi connectivity index (χ0v) is 31.8. The van der Waals surface area contributed by atoms with Crippen LogP contribution in [0.3, 0.4) is 0 Å². The first-order valence-electron chi connectivity index (χ1n) is 16.4. The number of alkyl carbamates (subject to hydrolysis) is 1. The van der Waals surface area contributed by atoms with Gasteiger partial charge in [0, 0.05) is 29.2 Å². The number of aryl methyl sites for hydroxylation is 2. The van der Waals surface area contributed by atoms with Gasteiger partial charge in [0.15, 0.2) is 5.75 Å². The number of hydrogen-bond donors (Lipinski definition) is 5. The third kappa shape index (κ3) is 12.4. The predicted molar refractivity (Wildman–Crippen MR) is 201 cm³/mol. The molecule has 0 aromatic heterocycles. The second-order valence-corrected chi connectivity index (χ2v) is 15.0. The van der Waals surface area contributed by atoms with Gasteiger partial charge in [-0.15, -0.1) is 17.7 Å². The number of nitrogens with one attached hydrogen (secondary N) is 2. The number of phenolic OH excluding ortho intramolecular Hbond substituents is 1. The van der Waals surface area contributed by atoms with Crippen molar-refractivity contribution in [2.75, 3.05) is 17.6 Å². The standard InChI is InChI=1S/C36H43N5O7S.O3S/c1-21(9-7-8-18-38-35(44)48-36(4,5)6)34(43)39-28-14-10-24(19-22(28)2)25-11-15-29(23(3)20-25)40-41-30-16-12-26-31(49(45,46)47)17-13-27(37)32(26)33(30)42;1-4(2)3/h10-17,19-21,42H,7-9,18,37H2,1-6H3,(H,38,44)(H,39,43)(H,45,46,47);/t21-;/m1./s1. The highest BCUT2D eigenvalue weighted by Gasteiger charge is 2.20. The number of benzene rings is 4. The smallest absolute Gasteiger partial charge is 0.425 e. The van der Waals surface area contributed by atoms with Crippen molar-refractivity contribution in [1.29, 1.82) is 0 Å². The van der Waals surface area contributed by atoms with Crippen molar-refractivity contribution >= 4 is 66.2 Å². The average Bonchev–Trinajstić information content (AvgIpc) is 3.04.